The Kier molecular flexibility index (Phi) is 5.25. The molecule has 11 heteroatoms. The predicted octanol–water partition coefficient (Wildman–Crippen LogP) is 2.65. The minimum Gasteiger partial charge on any atom is -0.481 e. The molecule has 9 nitrogen and oxygen atoms in total. The van der Waals surface area contributed by atoms with Crippen molar-refractivity contribution in [3.8, 4) is 5.88 Å². The predicted molar refractivity (Wildman–Crippen MR) is 119 cm³/mol. The number of fused-ring (bicyclic) bond motifs is 2. The van der Waals surface area contributed by atoms with E-state index in [0.29, 0.717) is 22.4 Å². The molecule has 176 valence electrons. The average Bonchev–Trinajstić information content (AvgIpc) is 3.30. The third-order valence-electron chi connectivity index (χ3n) is 6.59. The molecule has 5 rings (SSSR count). The molecule has 1 saturated heterocycles. The molecule has 1 aliphatic carbocycles. The number of halogens is 1. The summed E-state index contributed by atoms with van der Waals surface area (Å²) in [5, 5.41) is 17.6. The molecule has 2 aliphatic rings. The van der Waals surface area contributed by atoms with Crippen LogP contribution >= 0.6 is 0 Å². The lowest BCUT2D eigenvalue weighted by Crippen LogP contribution is -2.55. The van der Waals surface area contributed by atoms with Crippen LogP contribution in [0, 0.1) is 11.2 Å². The Morgan fingerprint density at radius 2 is 2.00 bits per heavy atom. The number of hydrogen-bond acceptors (Lipinski definition) is 6. The van der Waals surface area contributed by atoms with Crippen molar-refractivity contribution in [2.75, 3.05) is 20.2 Å². The van der Waals surface area contributed by atoms with Crippen LogP contribution in [0.5, 0.6) is 5.88 Å². The van der Waals surface area contributed by atoms with Gasteiger partial charge in [-0.15, -0.1) is 0 Å². The maximum atomic E-state index is 13.7. The Hall–Kier alpha value is -3.57. The SMILES string of the molecule is COc1ccc(S(=O)(=O)N2CCC3=Cc4[nH]ncc4C(c4ccc(F)cc4)[C@]3(C(=O)O)C2)cn1. The third-order valence-corrected chi connectivity index (χ3v) is 8.42. The fourth-order valence-electron chi connectivity index (χ4n) is 4.94. The largest absolute Gasteiger partial charge is 0.481 e. The van der Waals surface area contributed by atoms with Crippen LogP contribution in [-0.4, -0.2) is 59.2 Å². The van der Waals surface area contributed by atoms with Crippen LogP contribution in [0.2, 0.25) is 0 Å². The van der Waals surface area contributed by atoms with Crippen molar-refractivity contribution < 1.29 is 27.4 Å². The second-order valence-electron chi connectivity index (χ2n) is 8.29. The Morgan fingerprint density at radius 1 is 1.24 bits per heavy atom. The minimum atomic E-state index is -4.04. The van der Waals surface area contributed by atoms with Crippen molar-refractivity contribution >= 4 is 22.1 Å². The molecule has 0 amide bonds. The summed E-state index contributed by atoms with van der Waals surface area (Å²) in [6.45, 7) is -0.190. The number of methoxy groups -OCH3 is 1. The van der Waals surface area contributed by atoms with Crippen molar-refractivity contribution in [1.29, 1.82) is 0 Å². The third kappa shape index (κ3) is 3.31. The quantitative estimate of drug-likeness (QED) is 0.570. The second-order valence-corrected chi connectivity index (χ2v) is 10.2. The first kappa shape index (κ1) is 22.2. The van der Waals surface area contributed by atoms with Crippen molar-refractivity contribution in [2.24, 2.45) is 5.41 Å². The number of aromatic nitrogens is 3. The number of benzene rings is 1. The lowest BCUT2D eigenvalue weighted by Gasteiger charge is -2.47. The number of pyridine rings is 1. The van der Waals surface area contributed by atoms with E-state index in [1.54, 1.807) is 12.3 Å². The second kappa shape index (κ2) is 8.03. The maximum Gasteiger partial charge on any atom is 0.316 e. The van der Waals surface area contributed by atoms with Crippen molar-refractivity contribution in [2.45, 2.75) is 17.2 Å². The van der Waals surface area contributed by atoms with Crippen molar-refractivity contribution in [3.05, 3.63) is 77.0 Å². The number of piperidine rings is 1. The molecule has 0 saturated carbocycles. The monoisotopic (exact) mass is 484 g/mol. The van der Waals surface area contributed by atoms with Gasteiger partial charge < -0.3 is 9.84 Å². The number of H-pyrrole nitrogens is 1. The number of hydrogen-bond donors (Lipinski definition) is 2. The Labute approximate surface area is 195 Å². The molecule has 1 fully saturated rings. The molecule has 34 heavy (non-hydrogen) atoms. The standard InChI is InChI=1S/C23H21FN4O5S/c1-33-20-7-6-17(11-25-20)34(31,32)28-9-8-15-10-19-18(12-26-27-19)21(23(15,13-28)22(29)30)14-2-4-16(24)5-3-14/h2-7,10-12,21H,8-9,13H2,1H3,(H,26,27)(H,29,30)/t21?,23-/m0/s1. The summed E-state index contributed by atoms with van der Waals surface area (Å²) in [5.74, 6) is -2.12. The van der Waals surface area contributed by atoms with Gasteiger partial charge in [0, 0.05) is 30.6 Å². The number of sulfonamides is 1. The molecule has 0 spiro atoms. The normalized spacial score (nSPS) is 22.4. The van der Waals surface area contributed by atoms with Crippen LogP contribution in [0.25, 0.3) is 6.08 Å². The maximum absolute atomic E-state index is 13.7. The van der Waals surface area contributed by atoms with E-state index in [9.17, 15) is 22.7 Å². The molecule has 2 aromatic heterocycles. The fraction of sp³-hybridized carbons (Fsp3) is 0.261. The molecule has 1 aliphatic heterocycles. The number of rotatable bonds is 5. The van der Waals surface area contributed by atoms with E-state index in [2.05, 4.69) is 15.2 Å². The van der Waals surface area contributed by atoms with E-state index < -0.39 is 33.1 Å². The van der Waals surface area contributed by atoms with E-state index in [4.69, 9.17) is 4.74 Å². The van der Waals surface area contributed by atoms with Crippen molar-refractivity contribution in [3.63, 3.8) is 0 Å². The molecule has 1 aromatic carbocycles. The molecular weight excluding hydrogens is 463 g/mol. The highest BCUT2D eigenvalue weighted by atomic mass is 32.2. The summed E-state index contributed by atoms with van der Waals surface area (Å²) in [6.07, 6.45) is 4.70. The van der Waals surface area contributed by atoms with Gasteiger partial charge in [0.15, 0.2) is 0 Å². The zero-order valence-corrected chi connectivity index (χ0v) is 18.9. The topological polar surface area (TPSA) is 125 Å². The number of nitrogens with one attached hydrogen (secondary N) is 1. The summed E-state index contributed by atoms with van der Waals surface area (Å²) in [6, 6.07) is 8.42. The number of aromatic amines is 1. The minimum absolute atomic E-state index is 0.0561. The first-order valence-corrected chi connectivity index (χ1v) is 11.9. The van der Waals surface area contributed by atoms with Gasteiger partial charge in [0.1, 0.15) is 16.1 Å². The van der Waals surface area contributed by atoms with Gasteiger partial charge in [-0.3, -0.25) is 9.89 Å². The van der Waals surface area contributed by atoms with Gasteiger partial charge in [-0.2, -0.15) is 9.40 Å². The summed E-state index contributed by atoms with van der Waals surface area (Å²) in [7, 11) is -2.62. The number of aliphatic carboxylic acids is 1. The first-order valence-electron chi connectivity index (χ1n) is 10.5. The van der Waals surface area contributed by atoms with Crippen LogP contribution in [0.1, 0.15) is 29.2 Å². The van der Waals surface area contributed by atoms with Crippen LogP contribution in [-0.2, 0) is 14.8 Å². The lowest BCUT2D eigenvalue weighted by atomic mass is 9.60. The van der Waals surface area contributed by atoms with E-state index in [1.165, 1.54) is 54.0 Å². The summed E-state index contributed by atoms with van der Waals surface area (Å²) in [5.41, 5.74) is 0.827. The van der Waals surface area contributed by atoms with Gasteiger partial charge in [0.05, 0.1) is 25.2 Å². The summed E-state index contributed by atoms with van der Waals surface area (Å²) in [4.78, 5) is 16.9. The zero-order chi connectivity index (χ0) is 24.1. The number of carbonyl (C=O) groups is 1. The summed E-state index contributed by atoms with van der Waals surface area (Å²) < 4.78 is 46.8. The van der Waals surface area contributed by atoms with E-state index >= 15 is 0 Å². The Morgan fingerprint density at radius 3 is 2.65 bits per heavy atom. The number of nitrogens with zero attached hydrogens (tertiary/aromatic N) is 3. The van der Waals surface area contributed by atoms with Crippen LogP contribution in [0.4, 0.5) is 4.39 Å². The molecule has 1 unspecified atom stereocenters. The van der Waals surface area contributed by atoms with Gasteiger partial charge in [-0.1, -0.05) is 12.1 Å². The fourth-order valence-corrected chi connectivity index (χ4v) is 6.37. The Bertz CT molecular complexity index is 1390. The number of carboxylic acids is 1. The molecule has 2 atom stereocenters. The van der Waals surface area contributed by atoms with Crippen LogP contribution in [0.15, 0.2) is 59.3 Å². The van der Waals surface area contributed by atoms with Crippen LogP contribution in [0.3, 0.4) is 0 Å². The van der Waals surface area contributed by atoms with Gasteiger partial charge in [0.25, 0.3) is 0 Å². The van der Waals surface area contributed by atoms with Gasteiger partial charge in [0.2, 0.25) is 15.9 Å². The first-order chi connectivity index (χ1) is 16.3. The van der Waals surface area contributed by atoms with Gasteiger partial charge in [-0.25, -0.2) is 17.8 Å². The van der Waals surface area contributed by atoms with Crippen molar-refractivity contribution in [1.82, 2.24) is 19.5 Å². The zero-order valence-electron chi connectivity index (χ0n) is 18.1. The highest BCUT2D eigenvalue weighted by Crippen LogP contribution is 2.54. The lowest BCUT2D eigenvalue weighted by molar-refractivity contribution is -0.148. The van der Waals surface area contributed by atoms with E-state index in [1.807, 2.05) is 0 Å². The smallest absolute Gasteiger partial charge is 0.316 e. The average molecular weight is 485 g/mol. The molecule has 3 heterocycles. The Balaban J connectivity index is 1.64. The van der Waals surface area contributed by atoms with Crippen LogP contribution < -0.4 is 4.74 Å². The highest BCUT2D eigenvalue weighted by Gasteiger charge is 2.57. The summed E-state index contributed by atoms with van der Waals surface area (Å²) >= 11 is 0. The molecular formula is C23H21FN4O5S. The van der Waals surface area contributed by atoms with Gasteiger partial charge in [-0.05, 0) is 41.8 Å². The number of ether oxygens (including phenoxy) is 1. The highest BCUT2D eigenvalue weighted by molar-refractivity contribution is 7.89. The van der Waals surface area contributed by atoms with Gasteiger partial charge >= 0.3 is 5.97 Å². The van der Waals surface area contributed by atoms with E-state index in [0.717, 1.165) is 0 Å². The molecule has 0 bridgehead atoms. The number of carboxylic acid groups (broad SMARTS) is 1. The van der Waals surface area contributed by atoms with E-state index in [-0.39, 0.29) is 30.3 Å². The molecule has 0 radical (unpaired) electrons. The molecule has 2 N–H and O–H groups in total. The molecule has 3 aromatic rings.